The summed E-state index contributed by atoms with van der Waals surface area (Å²) >= 11 is 5.10. The molecule has 0 saturated heterocycles. The quantitative estimate of drug-likeness (QED) is 0.202. The van der Waals surface area contributed by atoms with Crippen molar-refractivity contribution in [2.45, 2.75) is 44.5 Å². The molecule has 1 unspecified atom stereocenters. The molecule has 4 rings (SSSR count). The van der Waals surface area contributed by atoms with Gasteiger partial charge in [0.1, 0.15) is 18.4 Å². The molecule has 3 aromatic rings. The van der Waals surface area contributed by atoms with Crippen LogP contribution >= 0.6 is 27.7 Å². The third-order valence-corrected chi connectivity index (χ3v) is 6.88. The Morgan fingerprint density at radius 1 is 1.24 bits per heavy atom. The zero-order chi connectivity index (χ0) is 24.1. The number of esters is 1. The van der Waals surface area contributed by atoms with Crippen molar-refractivity contribution in [1.82, 2.24) is 14.8 Å². The predicted octanol–water partition coefficient (Wildman–Crippen LogP) is 5.97. The van der Waals surface area contributed by atoms with Gasteiger partial charge in [0.2, 0.25) is 11.1 Å². The number of halogens is 1. The zero-order valence-electron chi connectivity index (χ0n) is 19.4. The second-order valence-corrected chi connectivity index (χ2v) is 9.89. The van der Waals surface area contributed by atoms with Gasteiger partial charge in [-0.05, 0) is 48.7 Å². The summed E-state index contributed by atoms with van der Waals surface area (Å²) in [5.41, 5.74) is 3.18. The first-order chi connectivity index (χ1) is 16.5. The highest BCUT2D eigenvalue weighted by Gasteiger charge is 2.35. The Morgan fingerprint density at radius 2 is 2.03 bits per heavy atom. The number of nitrogens with one attached hydrogen (secondary N) is 1. The summed E-state index contributed by atoms with van der Waals surface area (Å²) in [6, 6.07) is 15.3. The predicted molar refractivity (Wildman–Crippen MR) is 137 cm³/mol. The van der Waals surface area contributed by atoms with Crippen LogP contribution in [0.25, 0.3) is 0 Å². The second kappa shape index (κ2) is 11.1. The van der Waals surface area contributed by atoms with Crippen molar-refractivity contribution in [2.75, 3.05) is 18.2 Å². The van der Waals surface area contributed by atoms with Crippen LogP contribution in [-0.4, -0.2) is 33.6 Å². The molecule has 2 heterocycles. The first-order valence-electron chi connectivity index (χ1n) is 11.1. The van der Waals surface area contributed by atoms with E-state index in [1.807, 2.05) is 55.5 Å². The molecular weight excluding hydrogens is 516 g/mol. The summed E-state index contributed by atoms with van der Waals surface area (Å²) in [4.78, 5) is 17.4. The number of fused-ring (bicyclic) bond motifs is 1. The molecule has 2 aromatic carbocycles. The minimum atomic E-state index is -0.448. The molecule has 9 heteroatoms. The Morgan fingerprint density at radius 3 is 2.74 bits per heavy atom. The number of allylic oxidation sites excluding steroid dienone is 1. The van der Waals surface area contributed by atoms with Gasteiger partial charge in [-0.2, -0.15) is 4.98 Å². The third-order valence-electron chi connectivity index (χ3n) is 5.46. The molecule has 0 amide bonds. The maximum Gasteiger partial charge on any atom is 0.338 e. The zero-order valence-corrected chi connectivity index (χ0v) is 21.8. The minimum absolute atomic E-state index is 0.397. The minimum Gasteiger partial charge on any atom is -0.489 e. The number of benzene rings is 2. The molecule has 0 bridgehead atoms. The lowest BCUT2D eigenvalue weighted by molar-refractivity contribution is -0.136. The van der Waals surface area contributed by atoms with Gasteiger partial charge in [0.05, 0.1) is 12.7 Å². The molecule has 0 aliphatic carbocycles. The fourth-order valence-electron chi connectivity index (χ4n) is 3.72. The Labute approximate surface area is 212 Å². The summed E-state index contributed by atoms with van der Waals surface area (Å²) < 4.78 is 13.8. The van der Waals surface area contributed by atoms with Gasteiger partial charge in [-0.1, -0.05) is 65.3 Å². The van der Waals surface area contributed by atoms with E-state index in [0.29, 0.717) is 29.0 Å². The summed E-state index contributed by atoms with van der Waals surface area (Å²) in [6.45, 7) is 4.48. The van der Waals surface area contributed by atoms with Crippen LogP contribution < -0.4 is 10.1 Å². The van der Waals surface area contributed by atoms with Crippen LogP contribution in [0.15, 0.2) is 69.4 Å². The van der Waals surface area contributed by atoms with E-state index in [-0.39, 0.29) is 0 Å². The van der Waals surface area contributed by atoms with Gasteiger partial charge < -0.3 is 14.8 Å². The Hall–Kier alpha value is -2.78. The van der Waals surface area contributed by atoms with Crippen molar-refractivity contribution >= 4 is 39.6 Å². The van der Waals surface area contributed by atoms with Crippen LogP contribution in [0.3, 0.4) is 0 Å². The van der Waals surface area contributed by atoms with Gasteiger partial charge in [0.25, 0.3) is 0 Å². The largest absolute Gasteiger partial charge is 0.489 e. The Kier molecular flexibility index (Phi) is 7.95. The molecule has 34 heavy (non-hydrogen) atoms. The summed E-state index contributed by atoms with van der Waals surface area (Å²) in [6.07, 6.45) is 2.21. The molecule has 0 radical (unpaired) electrons. The van der Waals surface area contributed by atoms with Crippen molar-refractivity contribution < 1.29 is 14.3 Å². The average Bonchev–Trinajstić information content (AvgIpc) is 3.24. The van der Waals surface area contributed by atoms with Gasteiger partial charge in [-0.15, -0.1) is 5.10 Å². The van der Waals surface area contributed by atoms with E-state index in [4.69, 9.17) is 14.6 Å². The number of nitrogens with zero attached hydrogens (tertiary/aromatic N) is 3. The normalized spacial score (nSPS) is 15.0. The number of anilines is 1. The van der Waals surface area contributed by atoms with Gasteiger partial charge in [0, 0.05) is 15.9 Å². The number of carbonyl (C=O) groups excluding carboxylic acids is 1. The molecule has 1 aliphatic rings. The SMILES string of the molecule is CCCCSc1nc2n(n1)C(c1ccc(OCc3cccc(Br)c3)cc1)C(C(=O)OC)=C(C)N2. The number of ether oxygens (including phenoxy) is 2. The molecule has 0 saturated carbocycles. The molecule has 0 fully saturated rings. The van der Waals surface area contributed by atoms with Crippen molar-refractivity contribution in [1.29, 1.82) is 0 Å². The van der Waals surface area contributed by atoms with Crippen molar-refractivity contribution in [2.24, 2.45) is 0 Å². The number of hydrogen-bond acceptors (Lipinski definition) is 7. The summed E-state index contributed by atoms with van der Waals surface area (Å²) in [5, 5.41) is 8.62. The fraction of sp³-hybridized carbons (Fsp3) is 0.320. The van der Waals surface area contributed by atoms with Crippen LogP contribution in [0.4, 0.5) is 5.95 Å². The summed E-state index contributed by atoms with van der Waals surface area (Å²) in [5.74, 6) is 1.91. The molecule has 1 aliphatic heterocycles. The number of carbonyl (C=O) groups is 1. The second-order valence-electron chi connectivity index (χ2n) is 7.91. The standard InChI is InChI=1S/C25H27BrN4O3S/c1-4-5-13-34-25-28-24-27-16(2)21(23(31)32-3)22(30(24)29-25)18-9-11-20(12-10-18)33-15-17-7-6-8-19(26)14-17/h6-12,14,22H,4-5,13,15H2,1-3H3,(H,27,28,29). The molecule has 7 nitrogen and oxygen atoms in total. The van der Waals surface area contributed by atoms with Crippen molar-refractivity contribution in [3.63, 3.8) is 0 Å². The Bertz CT molecular complexity index is 1190. The highest BCUT2D eigenvalue weighted by Crippen LogP contribution is 2.37. The van der Waals surface area contributed by atoms with Crippen molar-refractivity contribution in [3.05, 3.63) is 75.4 Å². The number of rotatable bonds is 9. The smallest absolute Gasteiger partial charge is 0.338 e. The van der Waals surface area contributed by atoms with Gasteiger partial charge in [-0.3, -0.25) is 0 Å². The maximum absolute atomic E-state index is 12.7. The van der Waals surface area contributed by atoms with E-state index in [9.17, 15) is 4.79 Å². The number of aromatic nitrogens is 3. The van der Waals surface area contributed by atoms with Gasteiger partial charge >= 0.3 is 5.97 Å². The fourth-order valence-corrected chi connectivity index (χ4v) is 5.08. The Balaban J connectivity index is 1.60. The number of methoxy groups -OCH3 is 1. The van der Waals surface area contributed by atoms with Gasteiger partial charge in [-0.25, -0.2) is 9.48 Å². The maximum atomic E-state index is 12.7. The number of thioether (sulfide) groups is 1. The average molecular weight is 543 g/mol. The number of hydrogen-bond donors (Lipinski definition) is 1. The van der Waals surface area contributed by atoms with E-state index < -0.39 is 12.0 Å². The third kappa shape index (κ3) is 5.47. The van der Waals surface area contributed by atoms with Gasteiger partial charge in [0.15, 0.2) is 0 Å². The van der Waals surface area contributed by atoms with E-state index in [0.717, 1.165) is 39.9 Å². The summed E-state index contributed by atoms with van der Waals surface area (Å²) in [7, 11) is 1.39. The molecule has 1 atom stereocenters. The first kappa shape index (κ1) is 24.3. The molecule has 1 aromatic heterocycles. The molecule has 178 valence electrons. The topological polar surface area (TPSA) is 78.3 Å². The van der Waals surface area contributed by atoms with Crippen molar-refractivity contribution in [3.8, 4) is 5.75 Å². The van der Waals surface area contributed by atoms with Crippen LogP contribution in [-0.2, 0) is 16.1 Å². The monoisotopic (exact) mass is 542 g/mol. The first-order valence-corrected chi connectivity index (χ1v) is 12.9. The van der Waals surface area contributed by atoms with Crippen LogP contribution in [0.5, 0.6) is 5.75 Å². The van der Waals surface area contributed by atoms with E-state index in [1.165, 1.54) is 7.11 Å². The molecule has 1 N–H and O–H groups in total. The van der Waals surface area contributed by atoms with Crippen LogP contribution in [0.1, 0.15) is 43.9 Å². The van der Waals surface area contributed by atoms with E-state index >= 15 is 0 Å². The lowest BCUT2D eigenvalue weighted by atomic mass is 9.96. The van der Waals surface area contributed by atoms with Crippen LogP contribution in [0.2, 0.25) is 0 Å². The highest BCUT2D eigenvalue weighted by atomic mass is 79.9. The lowest BCUT2D eigenvalue weighted by Crippen LogP contribution is -2.29. The highest BCUT2D eigenvalue weighted by molar-refractivity contribution is 9.10. The van der Waals surface area contributed by atoms with Crippen LogP contribution in [0, 0.1) is 0 Å². The van der Waals surface area contributed by atoms with E-state index in [2.05, 4.69) is 33.2 Å². The lowest BCUT2D eigenvalue weighted by Gasteiger charge is -2.27. The molecule has 0 spiro atoms. The molecular formula is C25H27BrN4O3S. The number of unbranched alkanes of at least 4 members (excludes halogenated alkanes) is 1. The van der Waals surface area contributed by atoms with E-state index in [1.54, 1.807) is 16.4 Å².